The highest BCUT2D eigenvalue weighted by Crippen LogP contribution is 2.25. The lowest BCUT2D eigenvalue weighted by Gasteiger charge is -2.36. The number of aliphatic imine (C=N–C) groups is 1. The van der Waals surface area contributed by atoms with Gasteiger partial charge in [-0.1, -0.05) is 41.9 Å². The average molecular weight is 434 g/mol. The van der Waals surface area contributed by atoms with Gasteiger partial charge in [-0.25, -0.2) is 0 Å². The maximum absolute atomic E-state index is 5.95. The van der Waals surface area contributed by atoms with Gasteiger partial charge in [0.05, 0.1) is 19.3 Å². The summed E-state index contributed by atoms with van der Waals surface area (Å²) in [6.07, 6.45) is 3.91. The molecule has 1 unspecified atom stereocenters. The summed E-state index contributed by atoms with van der Waals surface area (Å²) < 4.78 is 8.85. The van der Waals surface area contributed by atoms with Crippen molar-refractivity contribution in [1.29, 1.82) is 0 Å². The number of ether oxygens (including phenoxy) is 1. The van der Waals surface area contributed by atoms with Gasteiger partial charge in [0, 0.05) is 48.8 Å². The van der Waals surface area contributed by atoms with Crippen molar-refractivity contribution in [2.24, 2.45) is 12.0 Å². The van der Waals surface area contributed by atoms with Gasteiger partial charge in [0.25, 0.3) is 0 Å². The smallest absolute Gasteiger partial charge is 0.193 e. The molecule has 1 aromatic carbocycles. The number of morpholine rings is 1. The summed E-state index contributed by atoms with van der Waals surface area (Å²) in [6, 6.07) is 8.52. The molecule has 0 spiro atoms. The Morgan fingerprint density at radius 3 is 2.74 bits per heavy atom. The Morgan fingerprint density at radius 1 is 1.37 bits per heavy atom. The summed E-state index contributed by atoms with van der Waals surface area (Å²) in [5, 5.41) is 7.82. The van der Waals surface area contributed by atoms with Crippen LogP contribution >= 0.6 is 15.9 Å². The second-order valence-electron chi connectivity index (χ2n) is 7.54. The molecule has 7 heteroatoms. The number of nitrogens with one attached hydrogen (secondary N) is 1. The van der Waals surface area contributed by atoms with Crippen LogP contribution in [0.1, 0.15) is 31.1 Å². The predicted molar refractivity (Wildman–Crippen MR) is 112 cm³/mol. The van der Waals surface area contributed by atoms with Crippen LogP contribution in [0.5, 0.6) is 0 Å². The monoisotopic (exact) mass is 433 g/mol. The minimum absolute atomic E-state index is 0.00826. The fraction of sp³-hybridized carbons (Fsp3) is 0.500. The highest BCUT2D eigenvalue weighted by Gasteiger charge is 2.27. The molecule has 1 aromatic heterocycles. The van der Waals surface area contributed by atoms with E-state index >= 15 is 0 Å². The molecule has 0 amide bonds. The molecule has 2 aromatic rings. The number of aromatic nitrogens is 2. The number of hydrogen-bond donors (Lipinski definition) is 1. The largest absolute Gasteiger partial charge is 0.370 e. The summed E-state index contributed by atoms with van der Waals surface area (Å²) in [5.41, 5.74) is 2.39. The number of halogens is 1. The lowest BCUT2D eigenvalue weighted by Crippen LogP contribution is -2.50. The van der Waals surface area contributed by atoms with Gasteiger partial charge in [-0.15, -0.1) is 0 Å². The molecular formula is C20H28BrN5O. The standard InChI is InChI=1S/C20H28BrN5O/c1-20(2,16-5-7-17(21)8-6-16)14-23-19(22-3)26-9-10-27-18(13-26)15-11-24-25(4)12-15/h5-8,11-12,18H,9-10,13-14H2,1-4H3,(H,22,23). The van der Waals surface area contributed by atoms with Gasteiger partial charge in [0.2, 0.25) is 0 Å². The van der Waals surface area contributed by atoms with E-state index in [0.29, 0.717) is 6.61 Å². The van der Waals surface area contributed by atoms with E-state index in [1.807, 2.05) is 31.2 Å². The Hall–Kier alpha value is -1.86. The third-order valence-corrected chi connectivity index (χ3v) is 5.52. The zero-order chi connectivity index (χ0) is 19.4. The first kappa shape index (κ1) is 19.9. The SMILES string of the molecule is CN=C(NCC(C)(C)c1ccc(Br)cc1)N1CCOC(c2cnn(C)c2)C1. The highest BCUT2D eigenvalue weighted by atomic mass is 79.9. The summed E-state index contributed by atoms with van der Waals surface area (Å²) in [6.45, 7) is 7.56. The van der Waals surface area contributed by atoms with Crippen LogP contribution in [0.2, 0.25) is 0 Å². The number of aryl methyl sites for hydroxylation is 1. The van der Waals surface area contributed by atoms with Crippen LogP contribution in [-0.4, -0.2) is 53.9 Å². The second kappa shape index (κ2) is 8.44. The van der Waals surface area contributed by atoms with Crippen molar-refractivity contribution in [3.8, 4) is 0 Å². The van der Waals surface area contributed by atoms with Crippen molar-refractivity contribution < 1.29 is 4.74 Å². The van der Waals surface area contributed by atoms with Crippen molar-refractivity contribution in [1.82, 2.24) is 20.0 Å². The summed E-state index contributed by atoms with van der Waals surface area (Å²) >= 11 is 3.50. The van der Waals surface area contributed by atoms with Crippen LogP contribution in [0.3, 0.4) is 0 Å². The van der Waals surface area contributed by atoms with Gasteiger partial charge in [-0.05, 0) is 17.7 Å². The molecule has 0 saturated carbocycles. The zero-order valence-corrected chi connectivity index (χ0v) is 18.0. The lowest BCUT2D eigenvalue weighted by atomic mass is 9.85. The van der Waals surface area contributed by atoms with E-state index in [2.05, 4.69) is 74.4 Å². The Morgan fingerprint density at radius 2 is 2.11 bits per heavy atom. The number of hydrogen-bond acceptors (Lipinski definition) is 3. The van der Waals surface area contributed by atoms with Crippen LogP contribution < -0.4 is 5.32 Å². The minimum Gasteiger partial charge on any atom is -0.370 e. The quantitative estimate of drug-likeness (QED) is 0.594. The molecular weight excluding hydrogens is 406 g/mol. The molecule has 1 fully saturated rings. The Kier molecular flexibility index (Phi) is 6.22. The predicted octanol–water partition coefficient (Wildman–Crippen LogP) is 3.11. The van der Waals surface area contributed by atoms with Gasteiger partial charge < -0.3 is 15.0 Å². The Balaban J connectivity index is 1.63. The van der Waals surface area contributed by atoms with Gasteiger partial charge in [0.1, 0.15) is 6.10 Å². The summed E-state index contributed by atoms with van der Waals surface area (Å²) in [4.78, 5) is 6.77. The van der Waals surface area contributed by atoms with E-state index in [1.54, 1.807) is 0 Å². The van der Waals surface area contributed by atoms with Crippen LogP contribution in [0.25, 0.3) is 0 Å². The van der Waals surface area contributed by atoms with Crippen molar-refractivity contribution in [2.45, 2.75) is 25.4 Å². The van der Waals surface area contributed by atoms with Crippen LogP contribution in [0, 0.1) is 0 Å². The molecule has 3 rings (SSSR count). The van der Waals surface area contributed by atoms with Crippen molar-refractivity contribution in [3.63, 3.8) is 0 Å². The van der Waals surface area contributed by atoms with Gasteiger partial charge in [0.15, 0.2) is 5.96 Å². The van der Waals surface area contributed by atoms with E-state index in [-0.39, 0.29) is 11.5 Å². The zero-order valence-electron chi connectivity index (χ0n) is 16.4. The molecule has 0 bridgehead atoms. The summed E-state index contributed by atoms with van der Waals surface area (Å²) in [5.74, 6) is 0.914. The first-order valence-corrected chi connectivity index (χ1v) is 10.00. The number of guanidine groups is 1. The molecule has 1 N–H and O–H groups in total. The fourth-order valence-corrected chi connectivity index (χ4v) is 3.55. The molecule has 0 aliphatic carbocycles. The molecule has 6 nitrogen and oxygen atoms in total. The molecule has 0 radical (unpaired) electrons. The molecule has 1 atom stereocenters. The van der Waals surface area contributed by atoms with Gasteiger partial charge in [-0.3, -0.25) is 9.67 Å². The molecule has 27 heavy (non-hydrogen) atoms. The number of benzene rings is 1. The van der Waals surface area contributed by atoms with E-state index in [1.165, 1.54) is 5.56 Å². The topological polar surface area (TPSA) is 54.7 Å². The van der Waals surface area contributed by atoms with Crippen molar-refractivity contribution in [3.05, 3.63) is 52.3 Å². The Bertz CT molecular complexity index is 784. The lowest BCUT2D eigenvalue weighted by molar-refractivity contribution is -0.00808. The van der Waals surface area contributed by atoms with Crippen molar-refractivity contribution >= 4 is 21.9 Å². The molecule has 1 saturated heterocycles. The molecule has 146 valence electrons. The normalized spacial score (nSPS) is 18.6. The number of rotatable bonds is 4. The highest BCUT2D eigenvalue weighted by molar-refractivity contribution is 9.10. The molecule has 1 aliphatic heterocycles. The van der Waals surface area contributed by atoms with Gasteiger partial charge >= 0.3 is 0 Å². The maximum atomic E-state index is 5.95. The van der Waals surface area contributed by atoms with Crippen LogP contribution in [-0.2, 0) is 17.2 Å². The van der Waals surface area contributed by atoms with Crippen LogP contribution in [0.15, 0.2) is 46.1 Å². The first-order chi connectivity index (χ1) is 12.9. The van der Waals surface area contributed by atoms with E-state index in [4.69, 9.17) is 4.74 Å². The Labute approximate surface area is 169 Å². The van der Waals surface area contributed by atoms with Crippen LogP contribution in [0.4, 0.5) is 0 Å². The van der Waals surface area contributed by atoms with Crippen molar-refractivity contribution in [2.75, 3.05) is 33.3 Å². The maximum Gasteiger partial charge on any atom is 0.193 e. The molecule has 2 heterocycles. The average Bonchev–Trinajstić information content (AvgIpc) is 3.09. The minimum atomic E-state index is -0.00826. The van der Waals surface area contributed by atoms with Gasteiger partial charge in [-0.2, -0.15) is 5.10 Å². The second-order valence-corrected chi connectivity index (χ2v) is 8.46. The van der Waals surface area contributed by atoms with E-state index in [9.17, 15) is 0 Å². The van der Waals surface area contributed by atoms with E-state index in [0.717, 1.165) is 35.6 Å². The third-order valence-electron chi connectivity index (χ3n) is 4.99. The summed E-state index contributed by atoms with van der Waals surface area (Å²) in [7, 11) is 3.76. The third kappa shape index (κ3) is 4.90. The fourth-order valence-electron chi connectivity index (χ4n) is 3.29. The number of nitrogens with zero attached hydrogens (tertiary/aromatic N) is 4. The first-order valence-electron chi connectivity index (χ1n) is 9.21. The molecule has 1 aliphatic rings. The van der Waals surface area contributed by atoms with E-state index < -0.39 is 0 Å².